The fourth-order valence-electron chi connectivity index (χ4n) is 2.95. The quantitative estimate of drug-likeness (QED) is 0.445. The molecular weight excluding hydrogens is 446 g/mol. The number of carbonyl (C=O) groups is 3. The van der Waals surface area contributed by atoms with Gasteiger partial charge in [0, 0.05) is 0 Å². The summed E-state index contributed by atoms with van der Waals surface area (Å²) in [5.41, 5.74) is 0.854. The first-order chi connectivity index (χ1) is 16.5. The van der Waals surface area contributed by atoms with Gasteiger partial charge >= 0.3 is 11.9 Å². The van der Waals surface area contributed by atoms with Crippen molar-refractivity contribution >= 4 is 23.5 Å². The number of methoxy groups -OCH3 is 3. The van der Waals surface area contributed by atoms with Crippen molar-refractivity contribution in [2.45, 2.75) is 6.61 Å². The molecule has 0 atom stereocenters. The monoisotopic (exact) mass is 469 g/mol. The Labute approximate surface area is 195 Å². The Morgan fingerprint density at radius 2 is 1.65 bits per heavy atom. The van der Waals surface area contributed by atoms with Crippen LogP contribution in [0, 0.1) is 0 Å². The maximum Gasteiger partial charge on any atom is 0.341 e. The Morgan fingerprint density at radius 1 is 0.882 bits per heavy atom. The molecule has 0 bridgehead atoms. The van der Waals surface area contributed by atoms with Crippen molar-refractivity contribution in [2.75, 3.05) is 33.3 Å². The Kier molecular flexibility index (Phi) is 8.11. The number of amides is 1. The summed E-state index contributed by atoms with van der Waals surface area (Å²) in [5.74, 6) is -0.516. The molecule has 10 heteroatoms. The Morgan fingerprint density at radius 3 is 2.38 bits per heavy atom. The second-order valence-electron chi connectivity index (χ2n) is 6.73. The number of esters is 2. The van der Waals surface area contributed by atoms with Gasteiger partial charge in [0.1, 0.15) is 11.3 Å². The minimum absolute atomic E-state index is 0.160. The molecule has 0 aliphatic carbocycles. The van der Waals surface area contributed by atoms with Gasteiger partial charge in [-0.1, -0.05) is 12.1 Å². The van der Waals surface area contributed by atoms with Crippen molar-refractivity contribution in [2.24, 2.45) is 0 Å². The molecule has 3 rings (SSSR count). The van der Waals surface area contributed by atoms with Crippen LogP contribution < -0.4 is 19.5 Å². The first kappa shape index (κ1) is 24.2. The highest BCUT2D eigenvalue weighted by Gasteiger charge is 2.18. The molecule has 1 heterocycles. The molecule has 34 heavy (non-hydrogen) atoms. The van der Waals surface area contributed by atoms with Crippen LogP contribution in [0.2, 0.25) is 0 Å². The predicted octanol–water partition coefficient (Wildman–Crippen LogP) is 3.46. The van der Waals surface area contributed by atoms with E-state index in [9.17, 15) is 14.4 Å². The summed E-state index contributed by atoms with van der Waals surface area (Å²) in [6.45, 7) is -0.563. The fourth-order valence-corrected chi connectivity index (χ4v) is 2.95. The minimum Gasteiger partial charge on any atom is -0.495 e. The van der Waals surface area contributed by atoms with E-state index < -0.39 is 17.8 Å². The molecule has 1 aromatic heterocycles. The van der Waals surface area contributed by atoms with Crippen LogP contribution in [0.1, 0.15) is 26.5 Å². The van der Waals surface area contributed by atoms with Crippen molar-refractivity contribution in [3.63, 3.8) is 0 Å². The third-order valence-corrected chi connectivity index (χ3v) is 4.62. The van der Waals surface area contributed by atoms with Gasteiger partial charge in [0.25, 0.3) is 5.91 Å². The lowest BCUT2D eigenvalue weighted by Crippen LogP contribution is -2.20. The van der Waals surface area contributed by atoms with Gasteiger partial charge in [-0.15, -0.1) is 0 Å². The van der Waals surface area contributed by atoms with Gasteiger partial charge in [-0.05, 0) is 36.4 Å². The molecule has 10 nitrogen and oxygen atoms in total. The molecule has 0 unspecified atom stereocenters. The summed E-state index contributed by atoms with van der Waals surface area (Å²) in [5, 5.41) is 2.70. The molecule has 0 aliphatic heterocycles. The van der Waals surface area contributed by atoms with Gasteiger partial charge in [-0.25, -0.2) is 9.59 Å². The highest BCUT2D eigenvalue weighted by atomic mass is 16.5. The summed E-state index contributed by atoms with van der Waals surface area (Å²) < 4.78 is 31.1. The van der Waals surface area contributed by atoms with E-state index in [0.717, 1.165) is 0 Å². The van der Waals surface area contributed by atoms with Crippen LogP contribution in [0.4, 0.5) is 5.69 Å². The van der Waals surface area contributed by atoms with E-state index in [1.807, 2.05) is 0 Å². The lowest BCUT2D eigenvalue weighted by Gasteiger charge is -2.13. The number of nitrogens with one attached hydrogen (secondary N) is 1. The van der Waals surface area contributed by atoms with E-state index in [0.29, 0.717) is 11.4 Å². The number of rotatable bonds is 10. The standard InChI is InChI=1S/C24H23NO9/c1-29-18-7-5-4-6-17(18)25-22(26)14-33-19-9-8-15(12-20(19)30-2)23(27)34-13-21-16(10-11-32-21)24(28)31-3/h4-12H,13-14H2,1-3H3,(H,25,26). The summed E-state index contributed by atoms with van der Waals surface area (Å²) in [7, 11) is 4.15. The summed E-state index contributed by atoms with van der Waals surface area (Å²) >= 11 is 0. The Bertz CT molecular complexity index is 1170. The number of ether oxygens (including phenoxy) is 5. The van der Waals surface area contributed by atoms with E-state index in [4.69, 9.17) is 23.4 Å². The predicted molar refractivity (Wildman–Crippen MR) is 119 cm³/mol. The number of anilines is 1. The van der Waals surface area contributed by atoms with Crippen LogP contribution in [0.5, 0.6) is 17.2 Å². The zero-order valence-electron chi connectivity index (χ0n) is 18.8. The first-order valence-electron chi connectivity index (χ1n) is 10.0. The summed E-state index contributed by atoms with van der Waals surface area (Å²) in [4.78, 5) is 36.4. The number of benzene rings is 2. The molecule has 0 spiro atoms. The Balaban J connectivity index is 1.60. The first-order valence-corrected chi connectivity index (χ1v) is 10.0. The lowest BCUT2D eigenvalue weighted by molar-refractivity contribution is -0.118. The topological polar surface area (TPSA) is 123 Å². The van der Waals surface area contributed by atoms with E-state index in [1.54, 1.807) is 24.3 Å². The van der Waals surface area contributed by atoms with Gasteiger partial charge in [0.2, 0.25) is 0 Å². The molecule has 0 saturated carbocycles. The average molecular weight is 469 g/mol. The number of carbonyl (C=O) groups excluding carboxylic acids is 3. The highest BCUT2D eigenvalue weighted by Crippen LogP contribution is 2.29. The zero-order valence-corrected chi connectivity index (χ0v) is 18.8. The highest BCUT2D eigenvalue weighted by molar-refractivity contribution is 5.93. The fraction of sp³-hybridized carbons (Fsp3) is 0.208. The molecule has 0 radical (unpaired) electrons. The maximum absolute atomic E-state index is 12.4. The number of para-hydroxylation sites is 2. The van der Waals surface area contributed by atoms with Crippen LogP contribution in [-0.4, -0.2) is 45.8 Å². The molecule has 0 fully saturated rings. The summed E-state index contributed by atoms with van der Waals surface area (Å²) in [6, 6.07) is 12.8. The third-order valence-electron chi connectivity index (χ3n) is 4.62. The van der Waals surface area contributed by atoms with Gasteiger partial charge in [0.05, 0.1) is 38.8 Å². The molecular formula is C24H23NO9. The van der Waals surface area contributed by atoms with Gasteiger partial charge < -0.3 is 33.4 Å². The van der Waals surface area contributed by atoms with E-state index >= 15 is 0 Å². The normalized spacial score (nSPS) is 10.2. The largest absolute Gasteiger partial charge is 0.495 e. The van der Waals surface area contributed by atoms with Crippen LogP contribution in [0.25, 0.3) is 0 Å². The van der Waals surface area contributed by atoms with Crippen molar-refractivity contribution in [1.82, 2.24) is 0 Å². The molecule has 1 amide bonds. The molecule has 2 aromatic carbocycles. The second kappa shape index (κ2) is 11.4. The van der Waals surface area contributed by atoms with E-state index in [1.165, 1.54) is 51.9 Å². The average Bonchev–Trinajstić information content (AvgIpc) is 3.34. The minimum atomic E-state index is -0.675. The van der Waals surface area contributed by atoms with Crippen molar-refractivity contribution in [3.8, 4) is 17.2 Å². The van der Waals surface area contributed by atoms with Crippen LogP contribution in [0.3, 0.4) is 0 Å². The molecule has 0 aliphatic rings. The number of hydrogen-bond acceptors (Lipinski definition) is 9. The maximum atomic E-state index is 12.4. The number of furan rings is 1. The van der Waals surface area contributed by atoms with E-state index in [-0.39, 0.29) is 41.6 Å². The SMILES string of the molecule is COC(=O)c1ccoc1COC(=O)c1ccc(OCC(=O)Nc2ccccc2OC)c(OC)c1. The van der Waals surface area contributed by atoms with Crippen LogP contribution >= 0.6 is 0 Å². The van der Waals surface area contributed by atoms with Crippen LogP contribution in [-0.2, 0) is 20.9 Å². The van der Waals surface area contributed by atoms with Gasteiger partial charge in [-0.2, -0.15) is 0 Å². The van der Waals surface area contributed by atoms with E-state index in [2.05, 4.69) is 10.1 Å². The van der Waals surface area contributed by atoms with Crippen molar-refractivity contribution in [3.05, 3.63) is 71.7 Å². The van der Waals surface area contributed by atoms with Crippen molar-refractivity contribution in [1.29, 1.82) is 0 Å². The molecule has 1 N–H and O–H groups in total. The second-order valence-corrected chi connectivity index (χ2v) is 6.73. The summed E-state index contributed by atoms with van der Waals surface area (Å²) in [6.07, 6.45) is 1.30. The Hall–Kier alpha value is -4.47. The van der Waals surface area contributed by atoms with Gasteiger partial charge in [-0.3, -0.25) is 4.79 Å². The van der Waals surface area contributed by atoms with Crippen molar-refractivity contribution < 1.29 is 42.5 Å². The van der Waals surface area contributed by atoms with Crippen LogP contribution in [0.15, 0.2) is 59.2 Å². The smallest absolute Gasteiger partial charge is 0.341 e. The molecule has 3 aromatic rings. The lowest BCUT2D eigenvalue weighted by atomic mass is 10.2. The number of hydrogen-bond donors (Lipinski definition) is 1. The molecule has 0 saturated heterocycles. The third kappa shape index (κ3) is 5.85. The van der Waals surface area contributed by atoms with Gasteiger partial charge in [0.15, 0.2) is 30.5 Å². The molecule has 178 valence electrons. The zero-order chi connectivity index (χ0) is 24.5.